The molecule has 2 rings (SSSR count). The van der Waals surface area contributed by atoms with Crippen LogP contribution in [-0.4, -0.2) is 23.3 Å². The van der Waals surface area contributed by atoms with Crippen molar-refractivity contribution in [3.8, 4) is 29.1 Å². The van der Waals surface area contributed by atoms with Crippen molar-refractivity contribution < 1.29 is 4.74 Å². The molecule has 22 heavy (non-hydrogen) atoms. The van der Waals surface area contributed by atoms with Crippen molar-refractivity contribution in [3.63, 3.8) is 0 Å². The molecule has 0 aliphatic rings. The Balaban J connectivity index is 2.69. The summed E-state index contributed by atoms with van der Waals surface area (Å²) in [7, 11) is 1.52. The molecule has 7 heteroatoms. The summed E-state index contributed by atoms with van der Waals surface area (Å²) < 4.78 is 5.21. The average molecular weight is 312 g/mol. The number of hydrogen-bond donors (Lipinski definition) is 1. The lowest BCUT2D eigenvalue weighted by Crippen LogP contribution is -2.14. The minimum Gasteiger partial charge on any atom is -0.496 e. The molecule has 1 aromatic carbocycles. The van der Waals surface area contributed by atoms with Gasteiger partial charge in [-0.3, -0.25) is 4.79 Å². The van der Waals surface area contributed by atoms with Gasteiger partial charge < -0.3 is 9.72 Å². The zero-order valence-corrected chi connectivity index (χ0v) is 12.8. The summed E-state index contributed by atoms with van der Waals surface area (Å²) in [4.78, 5) is 18.8. The first-order chi connectivity index (χ1) is 10.6. The number of aromatic amines is 1. The summed E-state index contributed by atoms with van der Waals surface area (Å²) in [6.45, 7) is 0. The van der Waals surface area contributed by atoms with Gasteiger partial charge in [0, 0.05) is 11.1 Å². The maximum Gasteiger partial charge on any atom is 0.270 e. The standard InChI is InChI=1S/C15H12N4O2S/c1-21-12-4-3-10(7-9(12)5-6-16)13-11(8-17)14(20)19-15(18-13)22-2/h3-4,7H,5H2,1-2H3,(H,18,19,20). The molecule has 0 spiro atoms. The molecule has 6 nitrogen and oxygen atoms in total. The van der Waals surface area contributed by atoms with E-state index in [9.17, 15) is 10.1 Å². The molecule has 1 heterocycles. The highest BCUT2D eigenvalue weighted by Gasteiger charge is 2.15. The van der Waals surface area contributed by atoms with Crippen LogP contribution in [0.5, 0.6) is 5.75 Å². The highest BCUT2D eigenvalue weighted by Crippen LogP contribution is 2.27. The lowest BCUT2D eigenvalue weighted by Gasteiger charge is -2.09. The Hall–Kier alpha value is -2.77. The van der Waals surface area contributed by atoms with Crippen molar-refractivity contribution in [3.05, 3.63) is 39.7 Å². The van der Waals surface area contributed by atoms with Crippen LogP contribution in [0.1, 0.15) is 11.1 Å². The van der Waals surface area contributed by atoms with Crippen LogP contribution in [-0.2, 0) is 6.42 Å². The largest absolute Gasteiger partial charge is 0.496 e. The van der Waals surface area contributed by atoms with Crippen molar-refractivity contribution in [2.75, 3.05) is 13.4 Å². The molecule has 0 bridgehead atoms. The van der Waals surface area contributed by atoms with E-state index in [0.29, 0.717) is 27.7 Å². The number of benzene rings is 1. The number of ether oxygens (including phenoxy) is 1. The van der Waals surface area contributed by atoms with Gasteiger partial charge in [0.05, 0.1) is 25.3 Å². The Kier molecular flexibility index (Phi) is 4.82. The fraction of sp³-hybridized carbons (Fsp3) is 0.200. The minimum absolute atomic E-state index is 0.0501. The molecule has 0 saturated carbocycles. The van der Waals surface area contributed by atoms with Gasteiger partial charge in [-0.2, -0.15) is 10.5 Å². The van der Waals surface area contributed by atoms with E-state index in [1.165, 1.54) is 18.9 Å². The Labute approximate surface area is 131 Å². The van der Waals surface area contributed by atoms with Gasteiger partial charge in [0.1, 0.15) is 17.4 Å². The highest BCUT2D eigenvalue weighted by atomic mass is 32.2. The summed E-state index contributed by atoms with van der Waals surface area (Å²) in [5, 5.41) is 18.5. The summed E-state index contributed by atoms with van der Waals surface area (Å²) in [6, 6.07) is 9.08. The van der Waals surface area contributed by atoms with Crippen molar-refractivity contribution in [1.82, 2.24) is 9.97 Å². The molecular formula is C15H12N4O2S. The second-order valence-corrected chi connectivity index (χ2v) is 5.07. The molecule has 0 aliphatic carbocycles. The second-order valence-electron chi connectivity index (χ2n) is 4.27. The Morgan fingerprint density at radius 1 is 1.41 bits per heavy atom. The predicted molar refractivity (Wildman–Crippen MR) is 82.7 cm³/mol. The monoisotopic (exact) mass is 312 g/mol. The number of nitrogens with zero attached hydrogens (tertiary/aromatic N) is 3. The fourth-order valence-corrected chi connectivity index (χ4v) is 2.39. The van der Waals surface area contributed by atoms with Crippen LogP contribution >= 0.6 is 11.8 Å². The maximum atomic E-state index is 11.9. The Bertz CT molecular complexity index is 846. The van der Waals surface area contributed by atoms with Crippen molar-refractivity contribution in [1.29, 1.82) is 10.5 Å². The molecule has 0 fully saturated rings. The first-order valence-electron chi connectivity index (χ1n) is 6.27. The van der Waals surface area contributed by atoms with E-state index in [4.69, 9.17) is 10.00 Å². The van der Waals surface area contributed by atoms with Crippen LogP contribution in [0.4, 0.5) is 0 Å². The third-order valence-corrected chi connectivity index (χ3v) is 3.61. The number of hydrogen-bond acceptors (Lipinski definition) is 6. The van der Waals surface area contributed by atoms with Crippen molar-refractivity contribution >= 4 is 11.8 Å². The SMILES string of the molecule is COc1ccc(-c2nc(SC)[nH]c(=O)c2C#N)cc1CC#N. The third kappa shape index (κ3) is 2.95. The van der Waals surface area contributed by atoms with E-state index >= 15 is 0 Å². The normalized spacial score (nSPS) is 9.82. The van der Waals surface area contributed by atoms with Crippen LogP contribution in [0.3, 0.4) is 0 Å². The van der Waals surface area contributed by atoms with Crippen molar-refractivity contribution in [2.24, 2.45) is 0 Å². The van der Waals surface area contributed by atoms with Gasteiger partial charge in [-0.05, 0) is 24.5 Å². The minimum atomic E-state index is -0.477. The molecule has 2 aromatic rings. The predicted octanol–water partition coefficient (Wildman–Crippen LogP) is 2.11. The van der Waals surface area contributed by atoms with Crippen molar-refractivity contribution in [2.45, 2.75) is 11.6 Å². The van der Waals surface area contributed by atoms with Crippen LogP contribution in [0.25, 0.3) is 11.3 Å². The first kappa shape index (κ1) is 15.6. The summed E-state index contributed by atoms with van der Waals surface area (Å²) in [5.74, 6) is 0.582. The second kappa shape index (κ2) is 6.79. The van der Waals surface area contributed by atoms with Gasteiger partial charge in [-0.1, -0.05) is 11.8 Å². The zero-order valence-electron chi connectivity index (χ0n) is 12.0. The van der Waals surface area contributed by atoms with Crippen LogP contribution in [0.2, 0.25) is 0 Å². The lowest BCUT2D eigenvalue weighted by atomic mass is 10.0. The third-order valence-electron chi connectivity index (χ3n) is 3.03. The van der Waals surface area contributed by atoms with E-state index in [2.05, 4.69) is 16.0 Å². The molecule has 0 radical (unpaired) electrons. The first-order valence-corrected chi connectivity index (χ1v) is 7.49. The molecule has 1 N–H and O–H groups in total. The van der Waals surface area contributed by atoms with Gasteiger partial charge in [-0.15, -0.1) is 0 Å². The molecule has 0 saturated heterocycles. The number of aromatic nitrogens is 2. The van der Waals surface area contributed by atoms with E-state index in [1.54, 1.807) is 24.5 Å². The van der Waals surface area contributed by atoms with Gasteiger partial charge in [-0.25, -0.2) is 4.98 Å². The van der Waals surface area contributed by atoms with E-state index in [0.717, 1.165) is 0 Å². The topological polar surface area (TPSA) is 103 Å². The zero-order chi connectivity index (χ0) is 16.1. The molecule has 0 amide bonds. The number of thioether (sulfide) groups is 1. The van der Waals surface area contributed by atoms with Gasteiger partial charge in [0.15, 0.2) is 5.16 Å². The molecule has 0 aliphatic heterocycles. The quantitative estimate of drug-likeness (QED) is 0.685. The van der Waals surface area contributed by atoms with Gasteiger partial charge in [0.2, 0.25) is 0 Å². The summed E-state index contributed by atoms with van der Waals surface area (Å²) in [5.41, 5.74) is 1.06. The number of rotatable bonds is 4. The molecule has 0 atom stereocenters. The smallest absolute Gasteiger partial charge is 0.270 e. The average Bonchev–Trinajstić information content (AvgIpc) is 2.54. The summed E-state index contributed by atoms with van der Waals surface area (Å²) >= 11 is 1.28. The van der Waals surface area contributed by atoms with E-state index in [-0.39, 0.29) is 12.0 Å². The number of nitriles is 2. The van der Waals surface area contributed by atoms with Crippen LogP contribution < -0.4 is 10.3 Å². The molecule has 0 unspecified atom stereocenters. The maximum absolute atomic E-state index is 11.9. The fourth-order valence-electron chi connectivity index (χ4n) is 2.01. The van der Waals surface area contributed by atoms with Gasteiger partial charge in [0.25, 0.3) is 5.56 Å². The molecular weight excluding hydrogens is 300 g/mol. The molecule has 110 valence electrons. The summed E-state index contributed by atoms with van der Waals surface area (Å²) in [6.07, 6.45) is 1.95. The van der Waals surface area contributed by atoms with E-state index in [1.807, 2.05) is 6.07 Å². The Morgan fingerprint density at radius 2 is 2.18 bits per heavy atom. The van der Waals surface area contributed by atoms with Gasteiger partial charge >= 0.3 is 0 Å². The number of methoxy groups -OCH3 is 1. The number of H-pyrrole nitrogens is 1. The van der Waals surface area contributed by atoms with E-state index < -0.39 is 5.56 Å². The lowest BCUT2D eigenvalue weighted by molar-refractivity contribution is 0.411. The Morgan fingerprint density at radius 3 is 2.77 bits per heavy atom. The van der Waals surface area contributed by atoms with Crippen LogP contribution in [0.15, 0.2) is 28.2 Å². The molecule has 1 aromatic heterocycles. The highest BCUT2D eigenvalue weighted by molar-refractivity contribution is 7.98. The number of nitrogens with one attached hydrogen (secondary N) is 1. The van der Waals surface area contributed by atoms with Crippen LogP contribution in [0, 0.1) is 22.7 Å².